The molecule has 2 nitrogen and oxygen atoms in total. The minimum Gasteiger partial charge on any atom is -0.311 e. The van der Waals surface area contributed by atoms with Crippen molar-refractivity contribution in [3.8, 4) is 11.1 Å². The van der Waals surface area contributed by atoms with Crippen LogP contribution in [-0.4, -0.2) is 6.71 Å². The lowest BCUT2D eigenvalue weighted by Crippen LogP contribution is -2.61. The number of thiophene rings is 1. The van der Waals surface area contributed by atoms with Crippen molar-refractivity contribution in [3.05, 3.63) is 147 Å². The first-order valence-electron chi connectivity index (χ1n) is 27.7. The molecule has 0 amide bonds. The molecule has 2 bridgehead atoms. The van der Waals surface area contributed by atoms with E-state index in [1.54, 1.807) is 11.1 Å². The average molecular weight is 965 g/mol. The first kappa shape index (κ1) is 46.7. The summed E-state index contributed by atoms with van der Waals surface area (Å²) < 4.78 is 1.45. The number of rotatable bonds is 3. The van der Waals surface area contributed by atoms with Gasteiger partial charge in [0.1, 0.15) is 0 Å². The van der Waals surface area contributed by atoms with Crippen molar-refractivity contribution in [2.75, 3.05) is 9.80 Å². The Labute approximate surface area is 436 Å². The predicted molar refractivity (Wildman–Crippen MR) is 313 cm³/mol. The zero-order chi connectivity index (χ0) is 50.6. The number of benzene rings is 6. The quantitative estimate of drug-likeness (QED) is 0.163. The largest absolute Gasteiger partial charge is 0.311 e. The lowest BCUT2D eigenvalue weighted by Gasteiger charge is -2.52. The second-order valence-corrected chi connectivity index (χ2v) is 29.2. The molecule has 7 aliphatic rings. The summed E-state index contributed by atoms with van der Waals surface area (Å²) in [6, 6.07) is 40.0. The molecule has 1 fully saturated rings. The average Bonchev–Trinajstić information content (AvgIpc) is 3.70. The molecule has 5 aliphatic carbocycles. The fourth-order valence-corrected chi connectivity index (χ4v) is 16.6. The van der Waals surface area contributed by atoms with Crippen LogP contribution in [0.1, 0.15) is 191 Å². The number of fused-ring (bicyclic) bond motifs is 10. The van der Waals surface area contributed by atoms with Crippen LogP contribution in [-0.2, 0) is 37.9 Å². The van der Waals surface area contributed by atoms with E-state index in [1.807, 2.05) is 0 Å². The molecule has 3 heterocycles. The highest BCUT2D eigenvalue weighted by molar-refractivity contribution is 7.26. The molecular formula is C68H77BN2S. The number of hydrogen-bond acceptors (Lipinski definition) is 3. The maximum atomic E-state index is 2.77. The number of aryl methyl sites for hydroxylation is 2. The van der Waals surface area contributed by atoms with Crippen LogP contribution in [0.3, 0.4) is 0 Å². The van der Waals surface area contributed by atoms with Gasteiger partial charge in [0.25, 0.3) is 6.71 Å². The molecule has 4 heteroatoms. The van der Waals surface area contributed by atoms with Gasteiger partial charge in [-0.2, -0.15) is 0 Å². The van der Waals surface area contributed by atoms with Gasteiger partial charge >= 0.3 is 0 Å². The van der Waals surface area contributed by atoms with Crippen molar-refractivity contribution < 1.29 is 0 Å². The predicted octanol–water partition coefficient (Wildman–Crippen LogP) is 17.4. The lowest BCUT2D eigenvalue weighted by molar-refractivity contribution is 0.188. The molecule has 14 rings (SSSR count). The normalized spacial score (nSPS) is 23.5. The molecule has 2 aliphatic heterocycles. The van der Waals surface area contributed by atoms with E-state index in [1.165, 1.54) is 161 Å². The van der Waals surface area contributed by atoms with Crippen LogP contribution in [0.15, 0.2) is 97.1 Å². The van der Waals surface area contributed by atoms with Crippen molar-refractivity contribution >= 4 is 78.0 Å². The Kier molecular flexibility index (Phi) is 9.62. The fourth-order valence-electron chi connectivity index (χ4n) is 15.3. The van der Waals surface area contributed by atoms with E-state index in [-0.39, 0.29) is 44.6 Å². The van der Waals surface area contributed by atoms with Gasteiger partial charge in [0.05, 0.1) is 10.7 Å². The molecule has 0 radical (unpaired) electrons. The second kappa shape index (κ2) is 14.8. The third kappa shape index (κ3) is 6.51. The SMILES string of the molecule is Cc1cc(C(C)(C)C)cc(C)c1N1c2cc3c(cc2B2c4c(cc(-c5ccccc5)cc41)N(c1ccc4c(c1)C(C)(C)CCC4(C)C)c1sc4cc5c(cc4c12)C1(C)CCC5(C)CC1)C(C)(C)CCC3(C)C. The zero-order valence-electron chi connectivity index (χ0n) is 46.3. The highest BCUT2D eigenvalue weighted by Gasteiger charge is 2.52. The molecule has 0 unspecified atom stereocenters. The van der Waals surface area contributed by atoms with E-state index < -0.39 is 0 Å². The maximum absolute atomic E-state index is 2.77. The summed E-state index contributed by atoms with van der Waals surface area (Å²) in [5.74, 6) is 0. The molecular weight excluding hydrogens is 888 g/mol. The van der Waals surface area contributed by atoms with Crippen molar-refractivity contribution in [2.45, 2.75) is 193 Å². The Hall–Kier alpha value is -5.06. The lowest BCUT2D eigenvalue weighted by atomic mass is 9.33. The van der Waals surface area contributed by atoms with Crippen molar-refractivity contribution in [1.82, 2.24) is 0 Å². The smallest absolute Gasteiger partial charge is 0.254 e. The summed E-state index contributed by atoms with van der Waals surface area (Å²) in [6.07, 6.45) is 9.89. The number of hydrogen-bond donors (Lipinski definition) is 0. The van der Waals surface area contributed by atoms with Gasteiger partial charge in [0, 0.05) is 27.4 Å². The Balaban J connectivity index is 1.20. The van der Waals surface area contributed by atoms with E-state index in [4.69, 9.17) is 0 Å². The van der Waals surface area contributed by atoms with Crippen molar-refractivity contribution in [2.24, 2.45) is 0 Å². The van der Waals surface area contributed by atoms with Crippen LogP contribution in [0.5, 0.6) is 0 Å². The number of anilines is 6. The summed E-state index contributed by atoms with van der Waals surface area (Å²) in [6.45, 7) is 37.1. The highest BCUT2D eigenvalue weighted by Crippen LogP contribution is 2.59. The van der Waals surface area contributed by atoms with E-state index in [9.17, 15) is 0 Å². The van der Waals surface area contributed by atoms with E-state index in [0.29, 0.717) is 0 Å². The molecule has 6 aromatic carbocycles. The van der Waals surface area contributed by atoms with Crippen LogP contribution in [0.25, 0.3) is 21.2 Å². The zero-order valence-corrected chi connectivity index (χ0v) is 47.1. The maximum Gasteiger partial charge on any atom is 0.254 e. The third-order valence-electron chi connectivity index (χ3n) is 20.3. The Morgan fingerprint density at radius 1 is 0.472 bits per heavy atom. The summed E-state index contributed by atoms with van der Waals surface area (Å²) in [7, 11) is 0. The van der Waals surface area contributed by atoms with Crippen LogP contribution in [0, 0.1) is 13.8 Å². The third-order valence-corrected chi connectivity index (χ3v) is 21.5. The number of nitrogens with zero attached hydrogens (tertiary/aromatic N) is 2. The first-order chi connectivity index (χ1) is 33.8. The minimum absolute atomic E-state index is 0.0305. The Bertz CT molecular complexity index is 3450. The van der Waals surface area contributed by atoms with Gasteiger partial charge in [-0.05, 0) is 229 Å². The molecule has 0 N–H and O–H groups in total. The van der Waals surface area contributed by atoms with Crippen LogP contribution < -0.4 is 26.2 Å². The monoisotopic (exact) mass is 965 g/mol. The van der Waals surface area contributed by atoms with Gasteiger partial charge in [-0.15, -0.1) is 11.3 Å². The molecule has 1 saturated carbocycles. The van der Waals surface area contributed by atoms with Gasteiger partial charge in [0.15, 0.2) is 0 Å². The Morgan fingerprint density at radius 2 is 1.00 bits per heavy atom. The van der Waals surface area contributed by atoms with Crippen LogP contribution in [0.4, 0.5) is 33.4 Å². The van der Waals surface area contributed by atoms with Crippen LogP contribution in [0.2, 0.25) is 0 Å². The first-order valence-corrected chi connectivity index (χ1v) is 28.5. The van der Waals surface area contributed by atoms with Gasteiger partial charge < -0.3 is 9.80 Å². The molecule has 0 atom stereocenters. The molecule has 0 spiro atoms. The highest BCUT2D eigenvalue weighted by atomic mass is 32.1. The minimum atomic E-state index is 0.0305. The summed E-state index contributed by atoms with van der Waals surface area (Å²) >= 11 is 2.07. The Morgan fingerprint density at radius 3 is 1.58 bits per heavy atom. The molecule has 7 aromatic rings. The summed E-state index contributed by atoms with van der Waals surface area (Å²) in [5, 5.41) is 2.87. The topological polar surface area (TPSA) is 6.48 Å². The van der Waals surface area contributed by atoms with Gasteiger partial charge in [-0.25, -0.2) is 0 Å². The van der Waals surface area contributed by atoms with Crippen LogP contribution >= 0.6 is 11.3 Å². The standard InChI is InChI=1S/C68H77BN2S/c1-40-31-44(62(3,4)5)32-41(2)60(40)71-54-38-50-49(65(10,11)25-26-66(50,12)13)37-53(54)69-58-46-36-51-52(68(15)29-27-67(51,14)28-30-68)39-57(46)72-61(58)70(45-21-22-47-48(35-45)64(8,9)24-23-63(47,6)7)55-33-43(34-56(71)59(55)69)42-19-17-16-18-20-42/h16-22,31-39H,23-30H2,1-15H3. The van der Waals surface area contributed by atoms with Crippen molar-refractivity contribution in [1.29, 1.82) is 0 Å². The van der Waals surface area contributed by atoms with Gasteiger partial charge in [-0.3, -0.25) is 0 Å². The molecule has 1 aromatic heterocycles. The second-order valence-electron chi connectivity index (χ2n) is 28.2. The molecule has 72 heavy (non-hydrogen) atoms. The van der Waals surface area contributed by atoms with E-state index in [0.717, 1.165) is 0 Å². The van der Waals surface area contributed by atoms with E-state index in [2.05, 4.69) is 222 Å². The molecule has 368 valence electrons. The summed E-state index contributed by atoms with van der Waals surface area (Å²) in [5.41, 5.74) is 27.7. The van der Waals surface area contributed by atoms with Crippen molar-refractivity contribution in [3.63, 3.8) is 0 Å². The van der Waals surface area contributed by atoms with Gasteiger partial charge in [0.2, 0.25) is 0 Å². The summed E-state index contributed by atoms with van der Waals surface area (Å²) in [4.78, 5) is 5.54. The molecule has 0 saturated heterocycles. The van der Waals surface area contributed by atoms with E-state index >= 15 is 0 Å². The van der Waals surface area contributed by atoms with Gasteiger partial charge in [-0.1, -0.05) is 145 Å². The fraction of sp³-hybridized carbons (Fsp3) is 0.441.